The van der Waals surface area contributed by atoms with E-state index < -0.39 is 5.97 Å². The van der Waals surface area contributed by atoms with Crippen LogP contribution in [-0.2, 0) is 22.4 Å². The minimum absolute atomic E-state index is 0.0905. The number of benzene rings is 2. The number of rotatable bonds is 10. The van der Waals surface area contributed by atoms with Gasteiger partial charge in [0.15, 0.2) is 24.7 Å². The van der Waals surface area contributed by atoms with E-state index in [1.807, 2.05) is 38.1 Å². The Morgan fingerprint density at radius 3 is 2.53 bits per heavy atom. The summed E-state index contributed by atoms with van der Waals surface area (Å²) in [4.78, 5) is 24.6. The van der Waals surface area contributed by atoms with Crippen LogP contribution in [0.1, 0.15) is 40.9 Å². The third-order valence-electron chi connectivity index (χ3n) is 4.50. The molecule has 0 fully saturated rings. The number of esters is 1. The summed E-state index contributed by atoms with van der Waals surface area (Å²) in [7, 11) is 1.49. The summed E-state index contributed by atoms with van der Waals surface area (Å²) in [6, 6.07) is 12.8. The molecule has 0 N–H and O–H groups in total. The zero-order valence-corrected chi connectivity index (χ0v) is 17.4. The van der Waals surface area contributed by atoms with E-state index >= 15 is 0 Å². The molecule has 0 atom stereocenters. The highest BCUT2D eigenvalue weighted by Gasteiger charge is 2.13. The molecule has 0 saturated carbocycles. The highest BCUT2D eigenvalue weighted by Crippen LogP contribution is 2.28. The minimum atomic E-state index is -0.614. The fraction of sp³-hybridized carbons (Fsp3) is 0.292. The molecule has 2 rings (SSSR count). The molecule has 0 unspecified atom stereocenters. The van der Waals surface area contributed by atoms with Gasteiger partial charge in [-0.15, -0.1) is 0 Å². The lowest BCUT2D eigenvalue weighted by molar-refractivity contribution is -0.136. The van der Waals surface area contributed by atoms with Crippen molar-refractivity contribution >= 4 is 17.8 Å². The molecule has 0 aliphatic rings. The maximum absolute atomic E-state index is 12.5. The van der Waals surface area contributed by atoms with Crippen molar-refractivity contribution in [3.05, 3.63) is 64.7 Å². The number of hydrogen-bond donors (Lipinski definition) is 0. The number of carbonyl (C=O) groups excluding carboxylic acids is 2. The fourth-order valence-electron chi connectivity index (χ4n) is 2.86. The molecule has 0 radical (unpaired) electrons. The van der Waals surface area contributed by atoms with E-state index in [0.717, 1.165) is 24.0 Å². The summed E-state index contributed by atoms with van der Waals surface area (Å²) < 4.78 is 15.6. The first-order valence-electron chi connectivity index (χ1n) is 9.70. The minimum Gasteiger partial charge on any atom is -0.493 e. The second kappa shape index (κ2) is 11.4. The van der Waals surface area contributed by atoms with E-state index in [2.05, 4.69) is 0 Å². The van der Waals surface area contributed by atoms with Crippen molar-refractivity contribution in [2.45, 2.75) is 26.7 Å². The predicted molar refractivity (Wildman–Crippen MR) is 114 cm³/mol. The number of Topliss-reactive ketones (excluding diaryl/α,β-unsaturated/α-hetero) is 1. The number of aryl methyl sites for hydroxylation is 2. The average Bonchev–Trinajstić information content (AvgIpc) is 2.79. The maximum Gasteiger partial charge on any atom is 0.331 e. The molecular formula is C24H25NO5. The Bertz CT molecular complexity index is 972. The fourth-order valence-corrected chi connectivity index (χ4v) is 2.86. The van der Waals surface area contributed by atoms with E-state index in [4.69, 9.17) is 19.5 Å². The second-order valence-corrected chi connectivity index (χ2v) is 6.42. The topological polar surface area (TPSA) is 85.6 Å². The maximum atomic E-state index is 12.5. The van der Waals surface area contributed by atoms with Gasteiger partial charge < -0.3 is 14.2 Å². The first kappa shape index (κ1) is 22.7. The van der Waals surface area contributed by atoms with Gasteiger partial charge in [-0.05, 0) is 53.8 Å². The molecule has 0 aliphatic carbocycles. The van der Waals surface area contributed by atoms with E-state index in [-0.39, 0.29) is 19.0 Å². The Hall–Kier alpha value is -3.59. The van der Waals surface area contributed by atoms with Gasteiger partial charge in [0.05, 0.1) is 7.11 Å². The number of methoxy groups -OCH3 is 1. The van der Waals surface area contributed by atoms with Crippen molar-refractivity contribution < 1.29 is 23.8 Å². The first-order chi connectivity index (χ1) is 14.5. The Kier molecular flexibility index (Phi) is 8.64. The Labute approximate surface area is 176 Å². The smallest absolute Gasteiger partial charge is 0.331 e. The van der Waals surface area contributed by atoms with Crippen molar-refractivity contribution in [1.82, 2.24) is 0 Å². The van der Waals surface area contributed by atoms with Crippen LogP contribution in [0.2, 0.25) is 0 Å². The van der Waals surface area contributed by atoms with Gasteiger partial charge >= 0.3 is 5.97 Å². The van der Waals surface area contributed by atoms with Crippen molar-refractivity contribution in [3.8, 4) is 17.6 Å². The van der Waals surface area contributed by atoms with E-state index in [1.165, 1.54) is 13.2 Å². The number of ether oxygens (including phenoxy) is 3. The van der Waals surface area contributed by atoms with Gasteiger partial charge in [0.2, 0.25) is 5.78 Å². The molecule has 0 bridgehead atoms. The number of hydrogen-bond acceptors (Lipinski definition) is 6. The summed E-state index contributed by atoms with van der Waals surface area (Å²) in [5, 5.41) is 8.61. The molecule has 30 heavy (non-hydrogen) atoms. The van der Waals surface area contributed by atoms with Crippen LogP contribution in [0.3, 0.4) is 0 Å². The number of carbonyl (C=O) groups is 2. The number of nitrogens with zero attached hydrogens (tertiary/aromatic N) is 1. The van der Waals surface area contributed by atoms with Crippen LogP contribution in [0.4, 0.5) is 0 Å². The van der Waals surface area contributed by atoms with Gasteiger partial charge in [-0.2, -0.15) is 5.26 Å². The SMILES string of the molecule is CCc1ccc(CC)c(C(=O)COC(=O)/C=C/c2ccc(OCC#N)c(OC)c2)c1. The lowest BCUT2D eigenvalue weighted by Crippen LogP contribution is -2.14. The van der Waals surface area contributed by atoms with E-state index in [1.54, 1.807) is 24.3 Å². The van der Waals surface area contributed by atoms with Crippen LogP contribution in [0.15, 0.2) is 42.5 Å². The highest BCUT2D eigenvalue weighted by atomic mass is 16.5. The third-order valence-corrected chi connectivity index (χ3v) is 4.50. The highest BCUT2D eigenvalue weighted by molar-refractivity contribution is 6.00. The summed E-state index contributed by atoms with van der Waals surface area (Å²) in [6.45, 7) is 3.61. The van der Waals surface area contributed by atoms with Crippen molar-refractivity contribution in [3.63, 3.8) is 0 Å². The molecule has 0 saturated heterocycles. The summed E-state index contributed by atoms with van der Waals surface area (Å²) in [5.74, 6) is 0.0469. The lowest BCUT2D eigenvalue weighted by Gasteiger charge is -2.09. The van der Waals surface area contributed by atoms with Crippen LogP contribution in [0.5, 0.6) is 11.5 Å². The van der Waals surface area contributed by atoms with E-state index in [0.29, 0.717) is 22.6 Å². The van der Waals surface area contributed by atoms with Crippen LogP contribution in [-0.4, -0.2) is 32.1 Å². The molecule has 2 aromatic carbocycles. The second-order valence-electron chi connectivity index (χ2n) is 6.42. The van der Waals surface area contributed by atoms with Gasteiger partial charge in [0, 0.05) is 11.6 Å². The largest absolute Gasteiger partial charge is 0.493 e. The predicted octanol–water partition coefficient (Wildman–Crippen LogP) is 4.16. The molecular weight excluding hydrogens is 382 g/mol. The van der Waals surface area contributed by atoms with Gasteiger partial charge in [0.1, 0.15) is 6.07 Å². The third kappa shape index (κ3) is 6.21. The molecule has 0 aliphatic heterocycles. The van der Waals surface area contributed by atoms with Crippen LogP contribution in [0.25, 0.3) is 6.08 Å². The molecule has 2 aromatic rings. The zero-order valence-electron chi connectivity index (χ0n) is 17.4. The van der Waals surface area contributed by atoms with Gasteiger partial charge in [-0.3, -0.25) is 4.79 Å². The molecule has 0 amide bonds. The van der Waals surface area contributed by atoms with Crippen LogP contribution in [0, 0.1) is 11.3 Å². The standard InChI is InChI=1S/C24H25NO5/c1-4-17-6-9-19(5-2)20(14-17)21(26)16-30-24(27)11-8-18-7-10-22(29-13-12-25)23(15-18)28-3/h6-11,14-15H,4-5,13,16H2,1-3H3/b11-8+. The Morgan fingerprint density at radius 2 is 1.87 bits per heavy atom. The van der Waals surface area contributed by atoms with Gasteiger partial charge in [-0.1, -0.05) is 32.0 Å². The molecule has 0 aromatic heterocycles. The van der Waals surface area contributed by atoms with Crippen molar-refractivity contribution in [2.24, 2.45) is 0 Å². The van der Waals surface area contributed by atoms with Crippen LogP contribution >= 0.6 is 0 Å². The molecule has 6 heteroatoms. The quantitative estimate of drug-likeness (QED) is 0.334. The summed E-state index contributed by atoms with van der Waals surface area (Å²) in [5.41, 5.74) is 3.29. The molecule has 0 heterocycles. The Balaban J connectivity index is 2.00. The zero-order chi connectivity index (χ0) is 21.9. The monoisotopic (exact) mass is 407 g/mol. The average molecular weight is 407 g/mol. The normalized spacial score (nSPS) is 10.5. The van der Waals surface area contributed by atoms with Crippen molar-refractivity contribution in [2.75, 3.05) is 20.3 Å². The number of ketones is 1. The molecule has 156 valence electrons. The number of nitriles is 1. The van der Waals surface area contributed by atoms with E-state index in [9.17, 15) is 9.59 Å². The van der Waals surface area contributed by atoms with Gasteiger partial charge in [0.25, 0.3) is 0 Å². The summed E-state index contributed by atoms with van der Waals surface area (Å²) >= 11 is 0. The molecule has 6 nitrogen and oxygen atoms in total. The molecule has 0 spiro atoms. The lowest BCUT2D eigenvalue weighted by atomic mass is 9.98. The first-order valence-corrected chi connectivity index (χ1v) is 9.70. The Morgan fingerprint density at radius 1 is 1.07 bits per heavy atom. The van der Waals surface area contributed by atoms with Crippen molar-refractivity contribution in [1.29, 1.82) is 5.26 Å². The van der Waals surface area contributed by atoms with Gasteiger partial charge in [-0.25, -0.2) is 4.79 Å². The summed E-state index contributed by atoms with van der Waals surface area (Å²) in [6.07, 6.45) is 4.37. The van der Waals surface area contributed by atoms with Crippen LogP contribution < -0.4 is 9.47 Å².